The molecular formula is C31H30Cl2N6O4S2. The largest absolute Gasteiger partial charge is 0.348 e. The number of rotatable bonds is 8. The second-order valence-electron chi connectivity index (χ2n) is 10.7. The number of hydrogen-bond acceptors (Lipinski definition) is 7. The van der Waals surface area contributed by atoms with Crippen molar-refractivity contribution >= 4 is 50.7 Å². The molecule has 6 rings (SSSR count). The zero-order valence-corrected chi connectivity index (χ0v) is 27.5. The van der Waals surface area contributed by atoms with Gasteiger partial charge in [-0.25, -0.2) is 9.69 Å². The molecule has 234 valence electrons. The summed E-state index contributed by atoms with van der Waals surface area (Å²) in [5, 5.41) is 7.38. The minimum absolute atomic E-state index is 0.0436. The molecule has 45 heavy (non-hydrogen) atoms. The highest BCUT2D eigenvalue weighted by Crippen LogP contribution is 2.37. The number of halogens is 2. The fourth-order valence-corrected chi connectivity index (χ4v) is 7.29. The first-order valence-corrected chi connectivity index (χ1v) is 17.3. The first-order chi connectivity index (χ1) is 21.7. The van der Waals surface area contributed by atoms with Crippen LogP contribution in [0.15, 0.2) is 54.6 Å². The van der Waals surface area contributed by atoms with Crippen molar-refractivity contribution in [2.75, 3.05) is 26.6 Å². The number of aromatic nitrogens is 2. The van der Waals surface area contributed by atoms with Crippen LogP contribution in [0.3, 0.4) is 0 Å². The van der Waals surface area contributed by atoms with Crippen LogP contribution in [0.25, 0.3) is 16.3 Å². The Labute approximate surface area is 276 Å². The Morgan fingerprint density at radius 3 is 2.47 bits per heavy atom. The van der Waals surface area contributed by atoms with Crippen LogP contribution in [-0.4, -0.2) is 60.0 Å². The van der Waals surface area contributed by atoms with E-state index in [9.17, 15) is 13.2 Å². The van der Waals surface area contributed by atoms with Crippen molar-refractivity contribution in [3.8, 4) is 28.1 Å². The minimum Gasteiger partial charge on any atom is -0.348 e. The molecule has 4 aromatic rings. The van der Waals surface area contributed by atoms with Crippen molar-refractivity contribution in [2.45, 2.75) is 32.7 Å². The van der Waals surface area contributed by atoms with Gasteiger partial charge in [-0.1, -0.05) is 59.2 Å². The summed E-state index contributed by atoms with van der Waals surface area (Å²) >= 11 is 14.3. The van der Waals surface area contributed by atoms with E-state index in [-0.39, 0.29) is 25.7 Å². The molecule has 14 heteroatoms. The summed E-state index contributed by atoms with van der Waals surface area (Å²) in [6.45, 7) is 3.16. The van der Waals surface area contributed by atoms with Gasteiger partial charge < -0.3 is 4.74 Å². The van der Waals surface area contributed by atoms with E-state index in [0.29, 0.717) is 40.1 Å². The molecule has 1 amide bonds. The zero-order valence-electron chi connectivity index (χ0n) is 24.3. The lowest BCUT2D eigenvalue weighted by Crippen LogP contribution is -2.49. The first-order valence-electron chi connectivity index (χ1n) is 14.3. The molecule has 0 saturated carbocycles. The average Bonchev–Trinajstić information content (AvgIpc) is 3.60. The van der Waals surface area contributed by atoms with E-state index < -0.39 is 16.1 Å². The van der Waals surface area contributed by atoms with Crippen LogP contribution < -0.4 is 10.1 Å². The third-order valence-corrected chi connectivity index (χ3v) is 10.4. The van der Waals surface area contributed by atoms with Crippen molar-refractivity contribution in [3.05, 3.63) is 91.9 Å². The average molecular weight is 686 g/mol. The summed E-state index contributed by atoms with van der Waals surface area (Å²) in [4.78, 5) is 15.3. The topological polar surface area (TPSA) is 109 Å². The predicted molar refractivity (Wildman–Crippen MR) is 175 cm³/mol. The molecule has 2 aliphatic rings. The summed E-state index contributed by atoms with van der Waals surface area (Å²) in [6, 6.07) is 16.7. The summed E-state index contributed by atoms with van der Waals surface area (Å²) in [7, 11) is -3.88. The van der Waals surface area contributed by atoms with Crippen LogP contribution in [0.1, 0.15) is 51.3 Å². The molecule has 2 saturated heterocycles. The highest BCUT2D eigenvalue weighted by Gasteiger charge is 2.32. The van der Waals surface area contributed by atoms with Crippen LogP contribution in [0.5, 0.6) is 0 Å². The smallest absolute Gasteiger partial charge is 0.286 e. The highest BCUT2D eigenvalue weighted by atomic mass is 35.5. The Balaban J connectivity index is 1.45. The predicted octanol–water partition coefficient (Wildman–Crippen LogP) is 5.33. The molecule has 4 heterocycles. The van der Waals surface area contributed by atoms with Crippen LogP contribution in [0.4, 0.5) is 0 Å². The minimum atomic E-state index is -3.88. The van der Waals surface area contributed by atoms with Gasteiger partial charge in [0.2, 0.25) is 0 Å². The number of piperidine rings is 1. The SMILES string of the molecule is Cc1ccc(C#Cc2ccc(-c3c(CNS(=O)(=O)N4COC4)c(C(=O)NN4CCCCC4)nn3-c3ccc(Cl)cc3Cl)s2)cc1. The number of carbonyl (C=O) groups excluding carboxylic acids is 1. The van der Waals surface area contributed by atoms with Gasteiger partial charge in [-0.3, -0.25) is 10.2 Å². The van der Waals surface area contributed by atoms with Crippen molar-refractivity contribution < 1.29 is 17.9 Å². The number of nitrogens with one attached hydrogen (secondary N) is 2. The van der Waals surface area contributed by atoms with Crippen molar-refractivity contribution in [3.63, 3.8) is 0 Å². The summed E-state index contributed by atoms with van der Waals surface area (Å²) in [5.74, 6) is 5.96. The number of hydrazine groups is 1. The Hall–Kier alpha value is -3.25. The Bertz CT molecular complexity index is 1890. The number of aryl methyl sites for hydroxylation is 1. The lowest BCUT2D eigenvalue weighted by Gasteiger charge is -2.29. The molecule has 0 aliphatic carbocycles. The summed E-state index contributed by atoms with van der Waals surface area (Å²) in [6.07, 6.45) is 3.03. The molecule has 2 aromatic carbocycles. The fraction of sp³-hybridized carbons (Fsp3) is 0.290. The van der Waals surface area contributed by atoms with E-state index in [1.807, 2.05) is 48.3 Å². The Kier molecular flexibility index (Phi) is 9.60. The monoisotopic (exact) mass is 684 g/mol. The van der Waals surface area contributed by atoms with Gasteiger partial charge in [0.25, 0.3) is 16.1 Å². The molecule has 0 atom stereocenters. The lowest BCUT2D eigenvalue weighted by atomic mass is 10.1. The van der Waals surface area contributed by atoms with Crippen LogP contribution in [0, 0.1) is 18.8 Å². The molecule has 2 fully saturated rings. The molecule has 0 spiro atoms. The fourth-order valence-electron chi connectivity index (χ4n) is 4.95. The van der Waals surface area contributed by atoms with E-state index in [1.54, 1.807) is 22.9 Å². The molecule has 0 unspecified atom stereocenters. The third kappa shape index (κ3) is 7.27. The molecule has 2 aromatic heterocycles. The number of ether oxygens (including phenoxy) is 1. The molecule has 0 bridgehead atoms. The lowest BCUT2D eigenvalue weighted by molar-refractivity contribution is -0.0885. The van der Waals surface area contributed by atoms with E-state index in [2.05, 4.69) is 22.0 Å². The molecule has 10 nitrogen and oxygen atoms in total. The van der Waals surface area contributed by atoms with Crippen LogP contribution >= 0.6 is 34.5 Å². The van der Waals surface area contributed by atoms with Gasteiger partial charge in [0.1, 0.15) is 13.5 Å². The van der Waals surface area contributed by atoms with E-state index in [4.69, 9.17) is 33.0 Å². The second kappa shape index (κ2) is 13.6. The van der Waals surface area contributed by atoms with Gasteiger partial charge in [0.15, 0.2) is 5.69 Å². The standard InChI is InChI=1S/C31H30Cl2N6O4S2/c1-21-5-7-22(8-6-21)9-11-24-12-14-28(44-24)30-25(18-34-45(41,42)38-19-43-20-38)29(31(40)36-37-15-3-2-4-16-37)35-39(30)27-13-10-23(32)17-26(27)33/h5-8,10,12-14,17,34H,2-4,15-16,18-20H2,1H3,(H,36,40). The number of nitrogens with zero attached hydrogens (tertiary/aromatic N) is 4. The normalized spacial score (nSPS) is 15.7. The maximum Gasteiger partial charge on any atom is 0.286 e. The molecule has 2 N–H and O–H groups in total. The van der Waals surface area contributed by atoms with Crippen molar-refractivity contribution in [2.24, 2.45) is 0 Å². The van der Waals surface area contributed by atoms with Gasteiger partial charge in [-0.2, -0.15) is 18.2 Å². The number of benzene rings is 2. The van der Waals surface area contributed by atoms with Crippen molar-refractivity contribution in [1.82, 2.24) is 29.2 Å². The van der Waals surface area contributed by atoms with Crippen LogP contribution in [-0.2, 0) is 21.5 Å². The molecule has 0 radical (unpaired) electrons. The second-order valence-corrected chi connectivity index (χ2v) is 14.4. The Morgan fingerprint density at radius 1 is 1.02 bits per heavy atom. The van der Waals surface area contributed by atoms with Crippen molar-refractivity contribution in [1.29, 1.82) is 0 Å². The van der Waals surface area contributed by atoms with Gasteiger partial charge in [0, 0.05) is 35.8 Å². The third-order valence-electron chi connectivity index (χ3n) is 7.42. The zero-order chi connectivity index (χ0) is 31.6. The number of amides is 1. The maximum absolute atomic E-state index is 13.8. The first kappa shape index (κ1) is 31.7. The Morgan fingerprint density at radius 2 is 1.78 bits per heavy atom. The van der Waals surface area contributed by atoms with E-state index in [1.165, 1.54) is 11.3 Å². The molecule has 2 aliphatic heterocycles. The van der Waals surface area contributed by atoms with Gasteiger partial charge in [0.05, 0.1) is 26.2 Å². The maximum atomic E-state index is 13.8. The highest BCUT2D eigenvalue weighted by molar-refractivity contribution is 7.87. The number of hydrogen-bond donors (Lipinski definition) is 2. The molecular weight excluding hydrogens is 655 g/mol. The van der Waals surface area contributed by atoms with Gasteiger partial charge >= 0.3 is 0 Å². The van der Waals surface area contributed by atoms with E-state index in [0.717, 1.165) is 44.4 Å². The van der Waals surface area contributed by atoms with Crippen LogP contribution in [0.2, 0.25) is 10.0 Å². The van der Waals surface area contributed by atoms with Gasteiger partial charge in [-0.15, -0.1) is 15.6 Å². The number of thiophene rings is 1. The quantitative estimate of drug-likeness (QED) is 0.243. The van der Waals surface area contributed by atoms with E-state index >= 15 is 0 Å². The number of carbonyl (C=O) groups is 1. The van der Waals surface area contributed by atoms with Gasteiger partial charge in [-0.05, 0) is 62.2 Å². The summed E-state index contributed by atoms with van der Waals surface area (Å²) < 4.78 is 36.4. The summed E-state index contributed by atoms with van der Waals surface area (Å²) in [5.41, 5.74) is 6.46.